The molecule has 3 atom stereocenters. The summed E-state index contributed by atoms with van der Waals surface area (Å²) in [5.41, 5.74) is 0.361. The van der Waals surface area contributed by atoms with E-state index in [-0.39, 0.29) is 11.4 Å². The highest BCUT2D eigenvalue weighted by molar-refractivity contribution is 5.78. The molecule has 2 saturated carbocycles. The third kappa shape index (κ3) is 4.39. The maximum atomic E-state index is 12.1. The number of carbonyl (C=O) groups excluding carboxylic acids is 1. The summed E-state index contributed by atoms with van der Waals surface area (Å²) in [7, 11) is 0. The smallest absolute Gasteiger partial charge is 0.234 e. The van der Waals surface area contributed by atoms with Gasteiger partial charge in [-0.1, -0.05) is 20.3 Å². The highest BCUT2D eigenvalue weighted by atomic mass is 16.2. The Hall–Kier alpha value is -0.610. The van der Waals surface area contributed by atoms with Gasteiger partial charge in [0.2, 0.25) is 5.91 Å². The van der Waals surface area contributed by atoms with Crippen LogP contribution in [0, 0.1) is 23.2 Å². The number of rotatable bonds is 5. The van der Waals surface area contributed by atoms with Crippen LogP contribution in [0.3, 0.4) is 0 Å². The standard InChI is InChI=1S/C21H39N3O/c1-20(2,3)23-18(25)14-24-11-9-15(10-12-24)13-22-19-16-7-6-8-17(16)21(19,4)5/h15-17,19,22H,6-14H2,1-5H3,(H,23,25)/t16-,17+,19?/m1/s1. The second kappa shape index (κ2) is 7.19. The van der Waals surface area contributed by atoms with E-state index in [1.165, 1.54) is 38.6 Å². The maximum absolute atomic E-state index is 12.1. The normalized spacial score (nSPS) is 32.9. The lowest BCUT2D eigenvalue weighted by Gasteiger charge is -2.57. The zero-order chi connectivity index (χ0) is 18.2. The van der Waals surface area contributed by atoms with Crippen LogP contribution in [0.5, 0.6) is 0 Å². The number of hydrogen-bond donors (Lipinski definition) is 2. The topological polar surface area (TPSA) is 44.4 Å². The lowest BCUT2D eigenvalue weighted by molar-refractivity contribution is -0.124. The van der Waals surface area contributed by atoms with Gasteiger partial charge in [0.1, 0.15) is 0 Å². The predicted octanol–water partition coefficient (Wildman–Crippen LogP) is 3.03. The molecule has 3 fully saturated rings. The summed E-state index contributed by atoms with van der Waals surface area (Å²) in [6.45, 7) is 14.9. The number of hydrogen-bond acceptors (Lipinski definition) is 3. The second-order valence-corrected chi connectivity index (χ2v) is 10.4. The molecule has 1 heterocycles. The molecule has 144 valence electrons. The average molecular weight is 350 g/mol. The number of piperidine rings is 1. The highest BCUT2D eigenvalue weighted by Gasteiger charge is 2.57. The van der Waals surface area contributed by atoms with Crippen molar-refractivity contribution in [2.24, 2.45) is 23.2 Å². The van der Waals surface area contributed by atoms with Gasteiger partial charge in [-0.3, -0.25) is 9.69 Å². The summed E-state index contributed by atoms with van der Waals surface area (Å²) >= 11 is 0. The number of likely N-dealkylation sites (tertiary alicyclic amines) is 1. The van der Waals surface area contributed by atoms with Crippen LogP contribution in [-0.4, -0.2) is 48.6 Å². The molecule has 0 aromatic rings. The summed E-state index contributed by atoms with van der Waals surface area (Å²) in [6, 6.07) is 0.732. The van der Waals surface area contributed by atoms with Crippen LogP contribution in [0.25, 0.3) is 0 Å². The van der Waals surface area contributed by atoms with Crippen molar-refractivity contribution in [1.82, 2.24) is 15.5 Å². The van der Waals surface area contributed by atoms with E-state index >= 15 is 0 Å². The van der Waals surface area contributed by atoms with E-state index in [0.29, 0.717) is 12.0 Å². The lowest BCUT2D eigenvalue weighted by atomic mass is 9.53. The van der Waals surface area contributed by atoms with Crippen LogP contribution in [-0.2, 0) is 4.79 Å². The molecule has 25 heavy (non-hydrogen) atoms. The molecule has 0 bridgehead atoms. The Morgan fingerprint density at radius 1 is 1.12 bits per heavy atom. The molecule has 0 aromatic carbocycles. The molecular formula is C21H39N3O. The molecule has 0 aromatic heterocycles. The van der Waals surface area contributed by atoms with Crippen molar-refractivity contribution in [2.75, 3.05) is 26.2 Å². The summed E-state index contributed by atoms with van der Waals surface area (Å²) in [5, 5.41) is 7.01. The van der Waals surface area contributed by atoms with Crippen LogP contribution >= 0.6 is 0 Å². The Labute approximate surface area is 154 Å². The molecular weight excluding hydrogens is 310 g/mol. The monoisotopic (exact) mass is 349 g/mol. The minimum absolute atomic E-state index is 0.132. The fraction of sp³-hybridized carbons (Fsp3) is 0.952. The Morgan fingerprint density at radius 3 is 2.44 bits per heavy atom. The molecule has 2 N–H and O–H groups in total. The van der Waals surface area contributed by atoms with Gasteiger partial charge in [-0.15, -0.1) is 0 Å². The number of carbonyl (C=O) groups is 1. The largest absolute Gasteiger partial charge is 0.350 e. The summed E-state index contributed by atoms with van der Waals surface area (Å²) < 4.78 is 0. The van der Waals surface area contributed by atoms with Gasteiger partial charge in [0, 0.05) is 11.6 Å². The van der Waals surface area contributed by atoms with Crippen molar-refractivity contribution in [3.8, 4) is 0 Å². The van der Waals surface area contributed by atoms with E-state index in [1.807, 2.05) is 20.8 Å². The molecule has 1 amide bonds. The number of fused-ring (bicyclic) bond motifs is 1. The van der Waals surface area contributed by atoms with E-state index in [2.05, 4.69) is 29.4 Å². The Morgan fingerprint density at radius 2 is 1.80 bits per heavy atom. The molecule has 0 spiro atoms. The molecule has 3 aliphatic rings. The minimum Gasteiger partial charge on any atom is -0.350 e. The van der Waals surface area contributed by atoms with E-state index in [0.717, 1.165) is 36.9 Å². The van der Waals surface area contributed by atoms with Gasteiger partial charge in [0.15, 0.2) is 0 Å². The minimum atomic E-state index is -0.132. The molecule has 1 unspecified atom stereocenters. The Bertz CT molecular complexity index is 474. The van der Waals surface area contributed by atoms with Crippen LogP contribution < -0.4 is 10.6 Å². The van der Waals surface area contributed by atoms with Gasteiger partial charge >= 0.3 is 0 Å². The molecule has 0 radical (unpaired) electrons. The molecule has 1 aliphatic heterocycles. The second-order valence-electron chi connectivity index (χ2n) is 10.4. The first kappa shape index (κ1) is 19.2. The third-order valence-electron chi connectivity index (χ3n) is 6.97. The zero-order valence-corrected chi connectivity index (χ0v) is 17.0. The van der Waals surface area contributed by atoms with Gasteiger partial charge < -0.3 is 10.6 Å². The number of amides is 1. The van der Waals surface area contributed by atoms with Gasteiger partial charge in [-0.2, -0.15) is 0 Å². The van der Waals surface area contributed by atoms with Gasteiger partial charge in [-0.05, 0) is 89.3 Å². The first-order valence-electron chi connectivity index (χ1n) is 10.4. The van der Waals surface area contributed by atoms with E-state index < -0.39 is 0 Å². The van der Waals surface area contributed by atoms with Gasteiger partial charge in [0.25, 0.3) is 0 Å². The fourth-order valence-corrected chi connectivity index (χ4v) is 5.69. The van der Waals surface area contributed by atoms with E-state index in [4.69, 9.17) is 0 Å². The SMILES string of the molecule is CC(C)(C)NC(=O)CN1CCC(CNC2[C@@H]3CCC[C@@H]3C2(C)C)CC1. The third-order valence-corrected chi connectivity index (χ3v) is 6.97. The Kier molecular flexibility index (Phi) is 5.51. The van der Waals surface area contributed by atoms with Crippen molar-refractivity contribution in [1.29, 1.82) is 0 Å². The molecule has 2 aliphatic carbocycles. The fourth-order valence-electron chi connectivity index (χ4n) is 5.69. The average Bonchev–Trinajstić information content (AvgIpc) is 2.94. The molecule has 3 rings (SSSR count). The van der Waals surface area contributed by atoms with Crippen LogP contribution in [0.15, 0.2) is 0 Å². The maximum Gasteiger partial charge on any atom is 0.234 e. The van der Waals surface area contributed by atoms with Crippen LogP contribution in [0.1, 0.15) is 66.7 Å². The molecule has 1 saturated heterocycles. The zero-order valence-electron chi connectivity index (χ0n) is 17.0. The van der Waals surface area contributed by atoms with Crippen molar-refractivity contribution in [2.45, 2.75) is 78.3 Å². The van der Waals surface area contributed by atoms with Crippen molar-refractivity contribution in [3.63, 3.8) is 0 Å². The van der Waals surface area contributed by atoms with Crippen molar-refractivity contribution < 1.29 is 4.79 Å². The first-order chi connectivity index (χ1) is 11.7. The highest BCUT2D eigenvalue weighted by Crippen LogP contribution is 2.58. The predicted molar refractivity (Wildman–Crippen MR) is 103 cm³/mol. The quantitative estimate of drug-likeness (QED) is 0.802. The summed E-state index contributed by atoms with van der Waals surface area (Å²) in [5.74, 6) is 2.84. The van der Waals surface area contributed by atoms with Crippen LogP contribution in [0.2, 0.25) is 0 Å². The van der Waals surface area contributed by atoms with Gasteiger partial charge in [0.05, 0.1) is 6.54 Å². The van der Waals surface area contributed by atoms with Crippen molar-refractivity contribution >= 4 is 5.91 Å². The van der Waals surface area contributed by atoms with Crippen molar-refractivity contribution in [3.05, 3.63) is 0 Å². The summed E-state index contributed by atoms with van der Waals surface area (Å²) in [6.07, 6.45) is 6.76. The van der Waals surface area contributed by atoms with Crippen LogP contribution in [0.4, 0.5) is 0 Å². The molecule has 4 heteroatoms. The number of nitrogens with zero attached hydrogens (tertiary/aromatic N) is 1. The van der Waals surface area contributed by atoms with E-state index in [1.54, 1.807) is 0 Å². The number of nitrogens with one attached hydrogen (secondary N) is 2. The first-order valence-corrected chi connectivity index (χ1v) is 10.4. The van der Waals surface area contributed by atoms with E-state index in [9.17, 15) is 4.79 Å². The molecule has 4 nitrogen and oxygen atoms in total. The summed E-state index contributed by atoms with van der Waals surface area (Å²) in [4.78, 5) is 14.4. The Balaban J connectivity index is 1.36. The lowest BCUT2D eigenvalue weighted by Crippen LogP contribution is -2.62. The van der Waals surface area contributed by atoms with Gasteiger partial charge in [-0.25, -0.2) is 0 Å².